The lowest BCUT2D eigenvalue weighted by Crippen LogP contribution is -2.23. The lowest BCUT2D eigenvalue weighted by atomic mass is 10.1. The molecular formula is C18H18N2O3. The van der Waals surface area contributed by atoms with Crippen LogP contribution in [-0.2, 0) is 6.54 Å². The van der Waals surface area contributed by atoms with Crippen molar-refractivity contribution < 1.29 is 13.9 Å². The first-order valence-corrected chi connectivity index (χ1v) is 7.48. The van der Waals surface area contributed by atoms with Crippen LogP contribution in [-0.4, -0.2) is 17.0 Å². The van der Waals surface area contributed by atoms with Crippen LogP contribution in [0.15, 0.2) is 53.4 Å². The summed E-state index contributed by atoms with van der Waals surface area (Å²) in [4.78, 5) is 16.4. The third kappa shape index (κ3) is 3.51. The number of rotatable bonds is 5. The van der Waals surface area contributed by atoms with Gasteiger partial charge < -0.3 is 14.5 Å². The Hall–Kier alpha value is -2.82. The van der Waals surface area contributed by atoms with Gasteiger partial charge in [-0.15, -0.1) is 0 Å². The molecule has 0 aliphatic heterocycles. The number of nitrogens with zero attached hydrogens (tertiary/aromatic N) is 1. The first-order chi connectivity index (χ1) is 11.1. The maximum atomic E-state index is 12.4. The fourth-order valence-corrected chi connectivity index (χ4v) is 2.31. The highest BCUT2D eigenvalue weighted by molar-refractivity contribution is 5.99. The monoisotopic (exact) mass is 310 g/mol. The van der Waals surface area contributed by atoms with Crippen molar-refractivity contribution in [1.29, 1.82) is 0 Å². The summed E-state index contributed by atoms with van der Waals surface area (Å²) in [5, 5.41) is 3.74. The highest BCUT2D eigenvalue weighted by Crippen LogP contribution is 2.29. The van der Waals surface area contributed by atoms with Crippen LogP contribution >= 0.6 is 0 Å². The molecule has 0 radical (unpaired) electrons. The Labute approximate surface area is 134 Å². The van der Waals surface area contributed by atoms with Crippen LogP contribution in [0.2, 0.25) is 0 Å². The van der Waals surface area contributed by atoms with Crippen molar-refractivity contribution in [1.82, 2.24) is 10.3 Å². The SMILES string of the molecule is CC(C)Oc1cc(C(=O)NCc2cccnc2)cc2occc12. The van der Waals surface area contributed by atoms with E-state index >= 15 is 0 Å². The number of carbonyl (C=O) groups is 1. The zero-order valence-electron chi connectivity index (χ0n) is 13.1. The van der Waals surface area contributed by atoms with Gasteiger partial charge in [-0.25, -0.2) is 0 Å². The third-order valence-corrected chi connectivity index (χ3v) is 3.33. The van der Waals surface area contributed by atoms with Gasteiger partial charge in [-0.2, -0.15) is 0 Å². The molecule has 3 rings (SSSR count). The molecule has 118 valence electrons. The highest BCUT2D eigenvalue weighted by atomic mass is 16.5. The second kappa shape index (κ2) is 6.52. The number of hydrogen-bond donors (Lipinski definition) is 1. The Kier molecular flexibility index (Phi) is 4.28. The van der Waals surface area contributed by atoms with Crippen LogP contribution in [0.25, 0.3) is 11.0 Å². The molecule has 0 aliphatic rings. The van der Waals surface area contributed by atoms with Crippen LogP contribution in [0.4, 0.5) is 0 Å². The fraction of sp³-hybridized carbons (Fsp3) is 0.222. The average Bonchev–Trinajstić information content (AvgIpc) is 3.02. The number of benzene rings is 1. The molecule has 5 heteroatoms. The largest absolute Gasteiger partial charge is 0.490 e. The molecule has 0 spiro atoms. The molecule has 2 aromatic heterocycles. The van der Waals surface area contributed by atoms with Crippen molar-refractivity contribution in [3.05, 3.63) is 60.1 Å². The molecule has 0 unspecified atom stereocenters. The summed E-state index contributed by atoms with van der Waals surface area (Å²) in [5.41, 5.74) is 2.08. The van der Waals surface area contributed by atoms with Crippen LogP contribution in [0.3, 0.4) is 0 Å². The second-order valence-electron chi connectivity index (χ2n) is 5.52. The van der Waals surface area contributed by atoms with E-state index in [1.165, 1.54) is 0 Å². The van der Waals surface area contributed by atoms with Crippen molar-refractivity contribution >= 4 is 16.9 Å². The summed E-state index contributed by atoms with van der Waals surface area (Å²) in [5.74, 6) is 0.471. The van der Waals surface area contributed by atoms with Crippen molar-refractivity contribution in [2.75, 3.05) is 0 Å². The Morgan fingerprint density at radius 3 is 2.96 bits per heavy atom. The summed E-state index contributed by atoms with van der Waals surface area (Å²) >= 11 is 0. The summed E-state index contributed by atoms with van der Waals surface area (Å²) in [7, 11) is 0. The number of pyridine rings is 1. The van der Waals surface area contributed by atoms with E-state index in [9.17, 15) is 4.79 Å². The van der Waals surface area contributed by atoms with Gasteiger partial charge in [0.2, 0.25) is 0 Å². The van der Waals surface area contributed by atoms with Gasteiger partial charge >= 0.3 is 0 Å². The predicted molar refractivity (Wildman–Crippen MR) is 87.4 cm³/mol. The first kappa shape index (κ1) is 15.1. The smallest absolute Gasteiger partial charge is 0.251 e. The molecular weight excluding hydrogens is 292 g/mol. The number of hydrogen-bond acceptors (Lipinski definition) is 4. The second-order valence-corrected chi connectivity index (χ2v) is 5.52. The summed E-state index contributed by atoms with van der Waals surface area (Å²) in [6.07, 6.45) is 5.03. The predicted octanol–water partition coefficient (Wildman–Crippen LogP) is 3.55. The molecule has 1 N–H and O–H groups in total. The number of carbonyl (C=O) groups excluding carboxylic acids is 1. The zero-order chi connectivity index (χ0) is 16.2. The maximum absolute atomic E-state index is 12.4. The zero-order valence-corrected chi connectivity index (χ0v) is 13.1. The maximum Gasteiger partial charge on any atom is 0.251 e. The number of fused-ring (bicyclic) bond motifs is 1. The molecule has 1 aromatic carbocycles. The molecule has 3 aromatic rings. The molecule has 2 heterocycles. The number of aromatic nitrogens is 1. The minimum Gasteiger partial charge on any atom is -0.490 e. The minimum atomic E-state index is -0.180. The number of nitrogens with one attached hydrogen (secondary N) is 1. The summed E-state index contributed by atoms with van der Waals surface area (Å²) in [6.45, 7) is 4.31. The average molecular weight is 310 g/mol. The lowest BCUT2D eigenvalue weighted by molar-refractivity contribution is 0.0950. The molecule has 0 aliphatic carbocycles. The Bertz CT molecular complexity index is 810. The van der Waals surface area contributed by atoms with E-state index in [4.69, 9.17) is 9.15 Å². The third-order valence-electron chi connectivity index (χ3n) is 3.33. The van der Waals surface area contributed by atoms with Crippen LogP contribution in [0.1, 0.15) is 29.8 Å². The standard InChI is InChI=1S/C18H18N2O3/c1-12(2)23-17-9-14(8-16-15(17)5-7-22-16)18(21)20-11-13-4-3-6-19-10-13/h3-10,12H,11H2,1-2H3,(H,20,21). The van der Waals surface area contributed by atoms with Gasteiger partial charge in [-0.1, -0.05) is 6.07 Å². The van der Waals surface area contributed by atoms with E-state index in [1.54, 1.807) is 30.8 Å². The van der Waals surface area contributed by atoms with Crippen molar-refractivity contribution in [3.63, 3.8) is 0 Å². The van der Waals surface area contributed by atoms with E-state index < -0.39 is 0 Å². The van der Waals surface area contributed by atoms with Gasteiger partial charge in [0.15, 0.2) is 0 Å². The Morgan fingerprint density at radius 2 is 2.22 bits per heavy atom. The van der Waals surface area contributed by atoms with E-state index in [2.05, 4.69) is 10.3 Å². The van der Waals surface area contributed by atoms with Gasteiger partial charge in [0.25, 0.3) is 5.91 Å². The first-order valence-electron chi connectivity index (χ1n) is 7.48. The van der Waals surface area contributed by atoms with Crippen molar-refractivity contribution in [2.24, 2.45) is 0 Å². The number of furan rings is 1. The van der Waals surface area contributed by atoms with Gasteiger partial charge in [0, 0.05) is 24.5 Å². The van der Waals surface area contributed by atoms with Gasteiger partial charge in [0.05, 0.1) is 17.8 Å². The molecule has 0 atom stereocenters. The van der Waals surface area contributed by atoms with E-state index in [1.807, 2.05) is 32.0 Å². The van der Waals surface area contributed by atoms with E-state index in [0.717, 1.165) is 10.9 Å². The molecule has 5 nitrogen and oxygen atoms in total. The van der Waals surface area contributed by atoms with Gasteiger partial charge in [-0.3, -0.25) is 9.78 Å². The molecule has 1 amide bonds. The fourth-order valence-electron chi connectivity index (χ4n) is 2.31. The molecule has 23 heavy (non-hydrogen) atoms. The normalized spacial score (nSPS) is 10.9. The lowest BCUT2D eigenvalue weighted by Gasteiger charge is -2.12. The molecule has 0 saturated carbocycles. The Morgan fingerprint density at radius 1 is 1.35 bits per heavy atom. The molecule has 0 fully saturated rings. The molecule has 0 bridgehead atoms. The number of ether oxygens (including phenoxy) is 1. The van der Waals surface area contributed by atoms with E-state index in [0.29, 0.717) is 23.4 Å². The van der Waals surface area contributed by atoms with Crippen molar-refractivity contribution in [3.8, 4) is 5.75 Å². The van der Waals surface area contributed by atoms with Gasteiger partial charge in [-0.05, 0) is 43.7 Å². The van der Waals surface area contributed by atoms with Gasteiger partial charge in [0.1, 0.15) is 11.3 Å². The molecule has 0 saturated heterocycles. The van der Waals surface area contributed by atoms with Crippen LogP contribution in [0, 0.1) is 0 Å². The van der Waals surface area contributed by atoms with Crippen molar-refractivity contribution in [2.45, 2.75) is 26.5 Å². The Balaban J connectivity index is 1.82. The van der Waals surface area contributed by atoms with E-state index in [-0.39, 0.29) is 12.0 Å². The highest BCUT2D eigenvalue weighted by Gasteiger charge is 2.14. The van der Waals surface area contributed by atoms with Crippen LogP contribution in [0.5, 0.6) is 5.75 Å². The summed E-state index contributed by atoms with van der Waals surface area (Å²) < 4.78 is 11.2. The summed E-state index contributed by atoms with van der Waals surface area (Å²) in [6, 6.07) is 9.06. The number of amides is 1. The quantitative estimate of drug-likeness (QED) is 0.783. The van der Waals surface area contributed by atoms with Crippen LogP contribution < -0.4 is 10.1 Å². The topological polar surface area (TPSA) is 64.4 Å². The minimum absolute atomic E-state index is 0.0156.